The highest BCUT2D eigenvalue weighted by Crippen LogP contribution is 2.16. The zero-order chi connectivity index (χ0) is 10.6. The average molecular weight is 219 g/mol. The van der Waals surface area contributed by atoms with Gasteiger partial charge in [0, 0.05) is 18.2 Å². The van der Waals surface area contributed by atoms with Crippen molar-refractivity contribution >= 4 is 15.7 Å². The summed E-state index contributed by atoms with van der Waals surface area (Å²) in [6, 6.07) is 0. The van der Waals surface area contributed by atoms with Crippen molar-refractivity contribution in [2.75, 3.05) is 18.1 Å². The van der Waals surface area contributed by atoms with E-state index >= 15 is 0 Å². The summed E-state index contributed by atoms with van der Waals surface area (Å²) in [5.41, 5.74) is 0. The third-order valence-electron chi connectivity index (χ3n) is 2.62. The van der Waals surface area contributed by atoms with E-state index in [-0.39, 0.29) is 23.3 Å². The maximum absolute atomic E-state index is 11.3. The van der Waals surface area contributed by atoms with Crippen LogP contribution in [0.25, 0.3) is 0 Å². The molecule has 1 aliphatic rings. The first kappa shape index (κ1) is 11.5. The first-order valence-electron chi connectivity index (χ1n) is 5.03. The molecule has 1 atom stereocenters. The van der Waals surface area contributed by atoms with Crippen LogP contribution >= 0.6 is 0 Å². The van der Waals surface area contributed by atoms with E-state index in [9.17, 15) is 13.2 Å². The molecule has 0 spiro atoms. The molecule has 0 aromatic carbocycles. The number of nitrogens with one attached hydrogen (secondary N) is 1. The van der Waals surface area contributed by atoms with Crippen molar-refractivity contribution < 1.29 is 13.2 Å². The van der Waals surface area contributed by atoms with E-state index in [1.807, 2.05) is 0 Å². The van der Waals surface area contributed by atoms with Crippen molar-refractivity contribution in [1.82, 2.24) is 5.32 Å². The van der Waals surface area contributed by atoms with Crippen LogP contribution < -0.4 is 5.32 Å². The largest absolute Gasteiger partial charge is 0.356 e. The van der Waals surface area contributed by atoms with Gasteiger partial charge in [-0.15, -0.1) is 0 Å². The van der Waals surface area contributed by atoms with Gasteiger partial charge in [-0.25, -0.2) is 8.42 Å². The minimum absolute atomic E-state index is 0.0163. The Hall–Kier alpha value is -0.580. The number of piperidine rings is 1. The van der Waals surface area contributed by atoms with E-state index in [1.165, 1.54) is 0 Å². The van der Waals surface area contributed by atoms with Gasteiger partial charge in [-0.05, 0) is 19.3 Å². The third-order valence-corrected chi connectivity index (χ3v) is 4.35. The Morgan fingerprint density at radius 1 is 1.50 bits per heavy atom. The van der Waals surface area contributed by atoms with Gasteiger partial charge >= 0.3 is 0 Å². The average Bonchev–Trinajstić information content (AvgIpc) is 2.17. The van der Waals surface area contributed by atoms with Crippen LogP contribution in [0.15, 0.2) is 0 Å². The van der Waals surface area contributed by atoms with Crippen molar-refractivity contribution in [1.29, 1.82) is 0 Å². The van der Waals surface area contributed by atoms with Crippen LogP contribution in [0, 0.1) is 5.92 Å². The second-order valence-electron chi connectivity index (χ2n) is 3.66. The van der Waals surface area contributed by atoms with E-state index in [1.54, 1.807) is 6.92 Å². The summed E-state index contributed by atoms with van der Waals surface area (Å²) < 4.78 is 22.4. The Bertz CT molecular complexity index is 297. The fraction of sp³-hybridized carbons (Fsp3) is 0.889. The Kier molecular flexibility index (Phi) is 3.92. The Morgan fingerprint density at radius 3 is 2.79 bits per heavy atom. The molecular formula is C9H17NO3S. The predicted molar refractivity (Wildman–Crippen MR) is 54.7 cm³/mol. The van der Waals surface area contributed by atoms with Gasteiger partial charge in [-0.3, -0.25) is 4.79 Å². The molecule has 1 unspecified atom stereocenters. The zero-order valence-electron chi connectivity index (χ0n) is 8.45. The maximum atomic E-state index is 11.3. The van der Waals surface area contributed by atoms with Gasteiger partial charge in [-0.1, -0.05) is 6.92 Å². The first-order chi connectivity index (χ1) is 6.55. The van der Waals surface area contributed by atoms with Crippen LogP contribution in [0.5, 0.6) is 0 Å². The molecule has 0 radical (unpaired) electrons. The minimum Gasteiger partial charge on any atom is -0.356 e. The normalized spacial score (nSPS) is 23.2. The third kappa shape index (κ3) is 3.29. The lowest BCUT2D eigenvalue weighted by Gasteiger charge is -2.21. The minimum atomic E-state index is -2.92. The summed E-state index contributed by atoms with van der Waals surface area (Å²) in [7, 11) is -2.92. The van der Waals surface area contributed by atoms with Crippen LogP contribution in [0.1, 0.15) is 26.2 Å². The standard InChI is InChI=1S/C9H17NO3S/c1-2-14(12,13)7-5-8-4-3-6-10-9(8)11/h8H,2-7H2,1H3,(H,10,11). The molecule has 0 saturated carbocycles. The van der Waals surface area contributed by atoms with Gasteiger partial charge in [0.1, 0.15) is 9.84 Å². The fourth-order valence-electron chi connectivity index (χ4n) is 1.58. The second kappa shape index (κ2) is 4.77. The van der Waals surface area contributed by atoms with Gasteiger partial charge in [0.25, 0.3) is 0 Å². The SMILES string of the molecule is CCS(=O)(=O)CCC1CCCNC1=O. The summed E-state index contributed by atoms with van der Waals surface area (Å²) in [5.74, 6) is 0.232. The molecular weight excluding hydrogens is 202 g/mol. The molecule has 82 valence electrons. The van der Waals surface area contributed by atoms with E-state index < -0.39 is 9.84 Å². The molecule has 1 rings (SSSR count). The Morgan fingerprint density at radius 2 is 2.21 bits per heavy atom. The van der Waals surface area contributed by atoms with Crippen molar-refractivity contribution in [3.63, 3.8) is 0 Å². The number of hydrogen-bond acceptors (Lipinski definition) is 3. The number of rotatable bonds is 4. The molecule has 1 aliphatic heterocycles. The van der Waals surface area contributed by atoms with Gasteiger partial charge in [0.2, 0.25) is 5.91 Å². The topological polar surface area (TPSA) is 63.2 Å². The van der Waals surface area contributed by atoms with Crippen LogP contribution in [-0.2, 0) is 14.6 Å². The summed E-state index contributed by atoms with van der Waals surface area (Å²) in [4.78, 5) is 11.3. The monoisotopic (exact) mass is 219 g/mol. The van der Waals surface area contributed by atoms with Crippen LogP contribution in [0.4, 0.5) is 0 Å². The molecule has 5 heteroatoms. The van der Waals surface area contributed by atoms with E-state index in [0.717, 1.165) is 19.4 Å². The van der Waals surface area contributed by atoms with Crippen molar-refractivity contribution in [2.24, 2.45) is 5.92 Å². The van der Waals surface area contributed by atoms with Crippen LogP contribution in [0.3, 0.4) is 0 Å². The van der Waals surface area contributed by atoms with Crippen LogP contribution in [-0.4, -0.2) is 32.4 Å². The molecule has 0 aromatic heterocycles. The summed E-state index contributed by atoms with van der Waals surface area (Å²) in [6.45, 7) is 2.37. The highest BCUT2D eigenvalue weighted by molar-refractivity contribution is 7.91. The van der Waals surface area contributed by atoms with Gasteiger partial charge in [0.15, 0.2) is 0 Å². The number of carbonyl (C=O) groups excluding carboxylic acids is 1. The lowest BCUT2D eigenvalue weighted by Crippen LogP contribution is -2.37. The molecule has 4 nitrogen and oxygen atoms in total. The van der Waals surface area contributed by atoms with Gasteiger partial charge < -0.3 is 5.32 Å². The molecule has 1 N–H and O–H groups in total. The Labute approximate surface area is 85.0 Å². The fourth-order valence-corrected chi connectivity index (χ4v) is 2.51. The van der Waals surface area contributed by atoms with Gasteiger partial charge in [0.05, 0.1) is 5.75 Å². The maximum Gasteiger partial charge on any atom is 0.223 e. The lowest BCUT2D eigenvalue weighted by molar-refractivity contribution is -0.126. The number of carbonyl (C=O) groups is 1. The smallest absolute Gasteiger partial charge is 0.223 e. The second-order valence-corrected chi connectivity index (χ2v) is 6.13. The zero-order valence-corrected chi connectivity index (χ0v) is 9.27. The predicted octanol–water partition coefficient (Wildman–Crippen LogP) is 0.337. The molecule has 14 heavy (non-hydrogen) atoms. The molecule has 0 bridgehead atoms. The van der Waals surface area contributed by atoms with Crippen molar-refractivity contribution in [3.05, 3.63) is 0 Å². The van der Waals surface area contributed by atoms with Crippen LogP contribution in [0.2, 0.25) is 0 Å². The highest BCUT2D eigenvalue weighted by atomic mass is 32.2. The quantitative estimate of drug-likeness (QED) is 0.741. The van der Waals surface area contributed by atoms with E-state index in [4.69, 9.17) is 0 Å². The number of sulfone groups is 1. The molecule has 1 amide bonds. The molecule has 1 fully saturated rings. The number of hydrogen-bond donors (Lipinski definition) is 1. The van der Waals surface area contributed by atoms with E-state index in [0.29, 0.717) is 6.42 Å². The van der Waals surface area contributed by atoms with Crippen molar-refractivity contribution in [2.45, 2.75) is 26.2 Å². The van der Waals surface area contributed by atoms with E-state index in [2.05, 4.69) is 5.32 Å². The first-order valence-corrected chi connectivity index (χ1v) is 6.85. The Balaban J connectivity index is 2.40. The van der Waals surface area contributed by atoms with Crippen molar-refractivity contribution in [3.8, 4) is 0 Å². The molecule has 0 aliphatic carbocycles. The number of amides is 1. The highest BCUT2D eigenvalue weighted by Gasteiger charge is 2.23. The summed E-state index contributed by atoms with van der Waals surface area (Å²) in [5, 5.41) is 2.75. The van der Waals surface area contributed by atoms with Gasteiger partial charge in [-0.2, -0.15) is 0 Å². The summed E-state index contributed by atoms with van der Waals surface area (Å²) in [6.07, 6.45) is 2.26. The molecule has 1 saturated heterocycles. The molecule has 1 heterocycles. The molecule has 0 aromatic rings. The summed E-state index contributed by atoms with van der Waals surface area (Å²) >= 11 is 0. The lowest BCUT2D eigenvalue weighted by atomic mass is 9.96.